The number of ether oxygens (including phenoxy) is 2. The Kier molecular flexibility index (Phi) is 6.86. The predicted octanol–water partition coefficient (Wildman–Crippen LogP) is 0.861. The second-order valence-corrected chi connectivity index (χ2v) is 6.57. The van der Waals surface area contributed by atoms with Crippen molar-refractivity contribution >= 4 is 23.8 Å². The van der Waals surface area contributed by atoms with E-state index in [1.54, 1.807) is 20.5 Å². The van der Waals surface area contributed by atoms with Gasteiger partial charge in [0.25, 0.3) is 5.91 Å². The first-order valence-corrected chi connectivity index (χ1v) is 8.73. The van der Waals surface area contributed by atoms with Crippen molar-refractivity contribution in [2.75, 3.05) is 20.8 Å². The fourth-order valence-corrected chi connectivity index (χ4v) is 2.99. The van der Waals surface area contributed by atoms with Gasteiger partial charge in [0.05, 0.1) is 12.0 Å². The highest BCUT2D eigenvalue weighted by Gasteiger charge is 2.31. The number of carbonyl (C=O) groups excluding carboxylic acids is 3. The summed E-state index contributed by atoms with van der Waals surface area (Å²) >= 11 is 0. The Hall–Kier alpha value is -2.52. The van der Waals surface area contributed by atoms with Gasteiger partial charge in [0, 0.05) is 39.8 Å². The molecule has 0 atom stereocenters. The molecule has 0 spiro atoms. The molecule has 0 unspecified atom stereocenters. The first-order chi connectivity index (χ1) is 12.8. The fourth-order valence-electron chi connectivity index (χ4n) is 2.99. The Balaban J connectivity index is 2.32. The molecule has 0 saturated carbocycles. The number of nitrogens with zero attached hydrogens (tertiary/aromatic N) is 3. The van der Waals surface area contributed by atoms with Crippen molar-refractivity contribution in [2.45, 2.75) is 45.9 Å². The Morgan fingerprint density at radius 3 is 2.56 bits per heavy atom. The van der Waals surface area contributed by atoms with Gasteiger partial charge in [-0.3, -0.25) is 19.3 Å². The molecule has 148 valence electrons. The molecule has 0 radical (unpaired) electrons. The lowest BCUT2D eigenvalue weighted by atomic mass is 10.1. The van der Waals surface area contributed by atoms with Crippen LogP contribution in [-0.2, 0) is 30.4 Å². The minimum Gasteiger partial charge on any atom is -0.356 e. The average molecular weight is 378 g/mol. The number of hydrogen-bond acceptors (Lipinski definition) is 6. The van der Waals surface area contributed by atoms with Gasteiger partial charge in [-0.1, -0.05) is 13.8 Å². The third-order valence-electron chi connectivity index (χ3n) is 4.30. The summed E-state index contributed by atoms with van der Waals surface area (Å²) in [6, 6.07) is 0. The summed E-state index contributed by atoms with van der Waals surface area (Å²) in [7, 11) is 3.17. The maximum Gasteiger partial charge on any atom is 0.277 e. The number of rotatable bonds is 7. The van der Waals surface area contributed by atoms with E-state index in [0.717, 1.165) is 10.6 Å². The Morgan fingerprint density at radius 1 is 1.33 bits per heavy atom. The molecule has 2 heterocycles. The summed E-state index contributed by atoms with van der Waals surface area (Å²) in [5.74, 6) is -1.29. The summed E-state index contributed by atoms with van der Waals surface area (Å²) in [5, 5.41) is 2.53. The van der Waals surface area contributed by atoms with Crippen LogP contribution in [0.2, 0.25) is 0 Å². The van der Waals surface area contributed by atoms with E-state index in [2.05, 4.69) is 10.3 Å². The molecule has 0 bridgehead atoms. The van der Waals surface area contributed by atoms with E-state index in [9.17, 15) is 14.4 Å². The van der Waals surface area contributed by atoms with Crippen molar-refractivity contribution in [3.8, 4) is 0 Å². The molecule has 1 aromatic heterocycles. The minimum absolute atomic E-state index is 0.0419. The van der Waals surface area contributed by atoms with Crippen molar-refractivity contribution in [1.82, 2.24) is 19.8 Å². The van der Waals surface area contributed by atoms with E-state index in [-0.39, 0.29) is 24.4 Å². The lowest BCUT2D eigenvalue weighted by Crippen LogP contribution is -2.51. The van der Waals surface area contributed by atoms with Crippen LogP contribution in [0.15, 0.2) is 12.0 Å². The van der Waals surface area contributed by atoms with Crippen LogP contribution in [0, 0.1) is 0 Å². The van der Waals surface area contributed by atoms with E-state index in [1.807, 2.05) is 18.4 Å². The highest BCUT2D eigenvalue weighted by molar-refractivity contribution is 6.12. The van der Waals surface area contributed by atoms with Crippen LogP contribution >= 0.6 is 0 Å². The second kappa shape index (κ2) is 8.92. The first-order valence-electron chi connectivity index (χ1n) is 8.73. The van der Waals surface area contributed by atoms with E-state index >= 15 is 0 Å². The van der Waals surface area contributed by atoms with Gasteiger partial charge >= 0.3 is 0 Å². The number of amides is 3. The van der Waals surface area contributed by atoms with Gasteiger partial charge in [0.15, 0.2) is 6.29 Å². The lowest BCUT2D eigenvalue weighted by Gasteiger charge is -2.25. The van der Waals surface area contributed by atoms with Crippen molar-refractivity contribution in [3.05, 3.63) is 23.4 Å². The largest absolute Gasteiger partial charge is 0.356 e. The number of aryl methyl sites for hydroxylation is 1. The Bertz CT molecular complexity index is 749. The zero-order valence-corrected chi connectivity index (χ0v) is 16.3. The van der Waals surface area contributed by atoms with E-state index in [1.165, 1.54) is 13.0 Å². The molecule has 1 N–H and O–H groups in total. The predicted molar refractivity (Wildman–Crippen MR) is 97.3 cm³/mol. The number of carbonyl (C=O) groups is 3. The van der Waals surface area contributed by atoms with Crippen LogP contribution in [0.5, 0.6) is 0 Å². The zero-order valence-electron chi connectivity index (χ0n) is 16.3. The molecule has 0 aromatic carbocycles. The molecule has 1 aliphatic rings. The quantitative estimate of drug-likeness (QED) is 0.558. The average Bonchev–Trinajstić information content (AvgIpc) is 3.01. The second-order valence-electron chi connectivity index (χ2n) is 6.57. The molecular weight excluding hydrogens is 352 g/mol. The molecule has 3 amide bonds. The van der Waals surface area contributed by atoms with Gasteiger partial charge in [-0.2, -0.15) is 0 Å². The first kappa shape index (κ1) is 20.8. The number of hydrogen-bond donors (Lipinski definition) is 1. The summed E-state index contributed by atoms with van der Waals surface area (Å²) in [5.41, 5.74) is 1.53. The number of piperazine rings is 1. The maximum absolute atomic E-state index is 12.5. The number of imide groups is 1. The Morgan fingerprint density at radius 2 is 2.00 bits per heavy atom. The molecule has 0 aliphatic carbocycles. The van der Waals surface area contributed by atoms with Crippen LogP contribution in [0.25, 0.3) is 6.08 Å². The van der Waals surface area contributed by atoms with Gasteiger partial charge in [-0.15, -0.1) is 0 Å². The topological polar surface area (TPSA) is 103 Å². The molecule has 1 fully saturated rings. The van der Waals surface area contributed by atoms with Gasteiger partial charge in [0.1, 0.15) is 12.2 Å². The molecule has 27 heavy (non-hydrogen) atoms. The maximum atomic E-state index is 12.5. The van der Waals surface area contributed by atoms with Crippen LogP contribution in [0.4, 0.5) is 0 Å². The number of nitrogens with one attached hydrogen (secondary N) is 1. The molecule has 2 rings (SSSR count). The van der Waals surface area contributed by atoms with Crippen LogP contribution < -0.4 is 5.32 Å². The third-order valence-corrected chi connectivity index (χ3v) is 4.30. The summed E-state index contributed by atoms with van der Waals surface area (Å²) in [6.45, 7) is 5.64. The number of methoxy groups -OCH3 is 2. The van der Waals surface area contributed by atoms with Gasteiger partial charge in [-0.25, -0.2) is 4.98 Å². The number of imidazole rings is 1. The van der Waals surface area contributed by atoms with Crippen molar-refractivity contribution in [2.24, 2.45) is 0 Å². The monoisotopic (exact) mass is 378 g/mol. The third kappa shape index (κ3) is 4.81. The van der Waals surface area contributed by atoms with Crippen LogP contribution in [0.1, 0.15) is 44.5 Å². The van der Waals surface area contributed by atoms with Crippen molar-refractivity contribution in [3.63, 3.8) is 0 Å². The highest BCUT2D eigenvalue weighted by atomic mass is 16.7. The fraction of sp³-hybridized carbons (Fsp3) is 0.556. The van der Waals surface area contributed by atoms with E-state index < -0.39 is 17.7 Å². The molecule has 9 heteroatoms. The molecule has 1 aromatic rings. The van der Waals surface area contributed by atoms with Gasteiger partial charge in [0.2, 0.25) is 11.8 Å². The molecule has 1 aliphatic heterocycles. The van der Waals surface area contributed by atoms with E-state index in [0.29, 0.717) is 18.7 Å². The molecular formula is C18H26N4O5. The van der Waals surface area contributed by atoms with Crippen LogP contribution in [-0.4, -0.2) is 59.2 Å². The summed E-state index contributed by atoms with van der Waals surface area (Å²) < 4.78 is 12.4. The van der Waals surface area contributed by atoms with Crippen LogP contribution in [0.3, 0.4) is 0 Å². The van der Waals surface area contributed by atoms with Crippen molar-refractivity contribution < 1.29 is 23.9 Å². The minimum atomic E-state index is -0.537. The molecule has 1 saturated heterocycles. The molecule has 9 nitrogen and oxygen atoms in total. The summed E-state index contributed by atoms with van der Waals surface area (Å²) in [4.78, 5) is 41.2. The van der Waals surface area contributed by atoms with Gasteiger partial charge < -0.3 is 19.4 Å². The lowest BCUT2D eigenvalue weighted by molar-refractivity contribution is -0.147. The van der Waals surface area contributed by atoms with E-state index in [4.69, 9.17) is 9.47 Å². The normalized spacial score (nSPS) is 16.6. The van der Waals surface area contributed by atoms with Crippen molar-refractivity contribution in [1.29, 1.82) is 0 Å². The Labute approximate surface area is 158 Å². The standard InChI is InChI=1S/C18H26N4O5/c1-11(2)17-13(19-10-21(17)7-6-16(26-4)27-5)8-14-18(25)22(12(3)23)9-15(24)20-14/h8,10-11,16H,6-7,9H2,1-5H3,(H,20,24). The zero-order chi connectivity index (χ0) is 20.1. The smallest absolute Gasteiger partial charge is 0.277 e. The SMILES string of the molecule is COC(CCn1cnc(C=C2NC(=O)CN(C(C)=O)C2=O)c1C(C)C)OC. The highest BCUT2D eigenvalue weighted by Crippen LogP contribution is 2.22. The van der Waals surface area contributed by atoms with Gasteiger partial charge in [-0.05, 0) is 12.0 Å². The number of aromatic nitrogens is 2. The summed E-state index contributed by atoms with van der Waals surface area (Å²) in [6.07, 6.45) is 3.51.